The fourth-order valence-corrected chi connectivity index (χ4v) is 3.60. The fraction of sp³-hybridized carbons (Fsp3) is 0.357. The first-order valence-electron chi connectivity index (χ1n) is 6.53. The molecule has 4 nitrogen and oxygen atoms in total. The van der Waals surface area contributed by atoms with Gasteiger partial charge in [0.2, 0.25) is 0 Å². The molecule has 1 aliphatic rings. The molecule has 1 N–H and O–H groups in total. The van der Waals surface area contributed by atoms with E-state index in [2.05, 4.69) is 34.7 Å². The lowest BCUT2D eigenvalue weighted by Gasteiger charge is -2.23. The van der Waals surface area contributed by atoms with Crippen LogP contribution in [0.5, 0.6) is 0 Å². The molecular weight excluding hydrogens is 258 g/mol. The van der Waals surface area contributed by atoms with Gasteiger partial charge in [0, 0.05) is 46.4 Å². The third-order valence-corrected chi connectivity index (χ3v) is 4.78. The van der Waals surface area contributed by atoms with Gasteiger partial charge in [0.1, 0.15) is 0 Å². The summed E-state index contributed by atoms with van der Waals surface area (Å²) in [6.07, 6.45) is 5.69. The zero-order chi connectivity index (χ0) is 13.1. The van der Waals surface area contributed by atoms with Crippen molar-refractivity contribution in [3.05, 3.63) is 42.7 Å². The Balaban J connectivity index is 1.65. The highest BCUT2D eigenvalue weighted by molar-refractivity contribution is 7.85. The molecule has 1 saturated heterocycles. The van der Waals surface area contributed by atoms with Crippen LogP contribution in [0.2, 0.25) is 0 Å². The smallest absolute Gasteiger partial charge is 0.0647 e. The molecule has 0 radical (unpaired) electrons. The lowest BCUT2D eigenvalue weighted by molar-refractivity contribution is 0.624. The van der Waals surface area contributed by atoms with Crippen molar-refractivity contribution in [1.29, 1.82) is 0 Å². The lowest BCUT2D eigenvalue weighted by atomic mass is 10.1. The van der Waals surface area contributed by atoms with Gasteiger partial charge < -0.3 is 5.32 Å². The van der Waals surface area contributed by atoms with Crippen molar-refractivity contribution in [3.63, 3.8) is 0 Å². The molecule has 5 heteroatoms. The Bertz CT molecular complexity index is 541. The Labute approximate surface area is 115 Å². The van der Waals surface area contributed by atoms with Crippen LogP contribution in [0.15, 0.2) is 42.7 Å². The topological polar surface area (TPSA) is 46.9 Å². The molecule has 2 aromatic rings. The minimum Gasteiger partial charge on any atom is -0.382 e. The molecule has 0 unspecified atom stereocenters. The van der Waals surface area contributed by atoms with Gasteiger partial charge in [-0.2, -0.15) is 5.10 Å². The highest BCUT2D eigenvalue weighted by Crippen LogP contribution is 2.18. The molecule has 100 valence electrons. The SMILES string of the molecule is O=S1CCC(Nc2ccc(-n3cccn3)cc2)CC1. The standard InChI is InChI=1S/C14H17N3OS/c18-19-10-6-13(7-11-19)16-12-2-4-14(5-3-12)17-9-1-8-15-17/h1-5,8-9,13,16H,6-7,10-11H2. The molecular formula is C14H17N3OS. The summed E-state index contributed by atoms with van der Waals surface area (Å²) in [4.78, 5) is 0. The highest BCUT2D eigenvalue weighted by Gasteiger charge is 2.17. The molecule has 1 aliphatic heterocycles. The number of hydrogen-bond acceptors (Lipinski definition) is 3. The number of nitrogens with zero attached hydrogens (tertiary/aromatic N) is 2. The Morgan fingerprint density at radius 3 is 2.58 bits per heavy atom. The van der Waals surface area contributed by atoms with Gasteiger partial charge in [0.15, 0.2) is 0 Å². The molecule has 0 aliphatic carbocycles. The number of nitrogens with one attached hydrogen (secondary N) is 1. The maximum atomic E-state index is 11.3. The van der Waals surface area contributed by atoms with Crippen LogP contribution in [-0.2, 0) is 10.8 Å². The number of anilines is 1. The Morgan fingerprint density at radius 2 is 1.95 bits per heavy atom. The van der Waals surface area contributed by atoms with E-state index in [1.54, 1.807) is 6.20 Å². The molecule has 0 saturated carbocycles. The van der Waals surface area contributed by atoms with Crippen LogP contribution in [0.4, 0.5) is 5.69 Å². The van der Waals surface area contributed by atoms with Gasteiger partial charge in [0.25, 0.3) is 0 Å². The van der Waals surface area contributed by atoms with Crippen molar-refractivity contribution in [2.24, 2.45) is 0 Å². The lowest BCUT2D eigenvalue weighted by Crippen LogP contribution is -2.29. The van der Waals surface area contributed by atoms with Crippen molar-refractivity contribution in [2.75, 3.05) is 16.8 Å². The highest BCUT2D eigenvalue weighted by atomic mass is 32.2. The normalized spacial score (nSPS) is 23.2. The van der Waals surface area contributed by atoms with E-state index < -0.39 is 10.8 Å². The molecule has 1 aromatic carbocycles. The van der Waals surface area contributed by atoms with Crippen molar-refractivity contribution in [2.45, 2.75) is 18.9 Å². The quantitative estimate of drug-likeness (QED) is 0.934. The van der Waals surface area contributed by atoms with E-state index in [1.807, 2.05) is 16.9 Å². The second-order valence-corrected chi connectivity index (χ2v) is 6.46. The van der Waals surface area contributed by atoms with Crippen LogP contribution < -0.4 is 5.32 Å². The van der Waals surface area contributed by atoms with Gasteiger partial charge in [-0.25, -0.2) is 4.68 Å². The van der Waals surface area contributed by atoms with Crippen LogP contribution in [-0.4, -0.2) is 31.5 Å². The maximum absolute atomic E-state index is 11.3. The summed E-state index contributed by atoms with van der Waals surface area (Å²) in [7, 11) is -0.594. The van der Waals surface area contributed by atoms with Gasteiger partial charge in [-0.15, -0.1) is 0 Å². The summed E-state index contributed by atoms with van der Waals surface area (Å²) in [5, 5.41) is 7.71. The van der Waals surface area contributed by atoms with Gasteiger partial charge in [-0.05, 0) is 43.2 Å². The Morgan fingerprint density at radius 1 is 1.21 bits per heavy atom. The summed E-state index contributed by atoms with van der Waals surface area (Å²) in [5.41, 5.74) is 2.17. The van der Waals surface area contributed by atoms with Gasteiger partial charge in [0.05, 0.1) is 5.69 Å². The fourth-order valence-electron chi connectivity index (χ4n) is 2.31. The van der Waals surface area contributed by atoms with Crippen molar-refractivity contribution in [1.82, 2.24) is 9.78 Å². The van der Waals surface area contributed by atoms with E-state index >= 15 is 0 Å². The molecule has 0 spiro atoms. The monoisotopic (exact) mass is 275 g/mol. The molecule has 1 aromatic heterocycles. The largest absolute Gasteiger partial charge is 0.382 e. The molecule has 0 atom stereocenters. The van der Waals surface area contributed by atoms with Gasteiger partial charge in [-0.1, -0.05) is 0 Å². The molecule has 1 fully saturated rings. The molecule has 19 heavy (non-hydrogen) atoms. The van der Waals surface area contributed by atoms with Crippen molar-refractivity contribution >= 4 is 16.5 Å². The summed E-state index contributed by atoms with van der Waals surface area (Å²) < 4.78 is 13.2. The second kappa shape index (κ2) is 5.57. The minimum absolute atomic E-state index is 0.452. The average Bonchev–Trinajstić information content (AvgIpc) is 2.96. The van der Waals surface area contributed by atoms with Gasteiger partial charge in [-0.3, -0.25) is 4.21 Å². The predicted molar refractivity (Wildman–Crippen MR) is 78.1 cm³/mol. The first kappa shape index (κ1) is 12.4. The zero-order valence-electron chi connectivity index (χ0n) is 10.7. The number of benzene rings is 1. The van der Waals surface area contributed by atoms with Crippen LogP contribution in [0.3, 0.4) is 0 Å². The third-order valence-electron chi connectivity index (χ3n) is 3.40. The Kier molecular flexibility index (Phi) is 3.64. The summed E-state index contributed by atoms with van der Waals surface area (Å²) in [6.45, 7) is 0. The van der Waals surface area contributed by atoms with Crippen LogP contribution in [0.1, 0.15) is 12.8 Å². The minimum atomic E-state index is -0.594. The van der Waals surface area contributed by atoms with Crippen LogP contribution >= 0.6 is 0 Å². The molecule has 2 heterocycles. The second-order valence-electron chi connectivity index (χ2n) is 4.76. The number of aromatic nitrogens is 2. The summed E-state index contributed by atoms with van der Waals surface area (Å²) >= 11 is 0. The zero-order valence-corrected chi connectivity index (χ0v) is 11.5. The Hall–Kier alpha value is -1.62. The van der Waals surface area contributed by atoms with E-state index in [1.165, 1.54) is 0 Å². The summed E-state index contributed by atoms with van der Waals surface area (Å²) in [6, 6.07) is 10.6. The van der Waals surface area contributed by atoms with E-state index in [0.29, 0.717) is 6.04 Å². The first-order valence-corrected chi connectivity index (χ1v) is 8.02. The predicted octanol–water partition coefficient (Wildman–Crippen LogP) is 2.20. The van der Waals surface area contributed by atoms with Crippen molar-refractivity contribution in [3.8, 4) is 5.69 Å². The number of hydrogen-bond donors (Lipinski definition) is 1. The average molecular weight is 275 g/mol. The van der Waals surface area contributed by atoms with Crippen LogP contribution in [0.25, 0.3) is 5.69 Å². The van der Waals surface area contributed by atoms with E-state index in [0.717, 1.165) is 35.7 Å². The van der Waals surface area contributed by atoms with E-state index in [-0.39, 0.29) is 0 Å². The molecule has 0 amide bonds. The van der Waals surface area contributed by atoms with Crippen LogP contribution in [0, 0.1) is 0 Å². The van der Waals surface area contributed by atoms with Crippen molar-refractivity contribution < 1.29 is 4.21 Å². The third kappa shape index (κ3) is 3.04. The summed E-state index contributed by atoms with van der Waals surface area (Å²) in [5.74, 6) is 1.64. The first-order chi connectivity index (χ1) is 9.31. The molecule has 3 rings (SSSR count). The maximum Gasteiger partial charge on any atom is 0.0647 e. The van der Waals surface area contributed by atoms with Gasteiger partial charge >= 0.3 is 0 Å². The van der Waals surface area contributed by atoms with E-state index in [4.69, 9.17) is 0 Å². The molecule has 0 bridgehead atoms. The number of rotatable bonds is 3. The van der Waals surface area contributed by atoms with E-state index in [9.17, 15) is 4.21 Å².